The lowest BCUT2D eigenvalue weighted by molar-refractivity contribution is 0.297. The number of nitrogens with two attached hydrogens (primary N) is 1. The number of ether oxygens (including phenoxy) is 2. The van der Waals surface area contributed by atoms with Gasteiger partial charge in [0, 0.05) is 25.6 Å². The van der Waals surface area contributed by atoms with Crippen molar-refractivity contribution in [3.05, 3.63) is 35.9 Å². The van der Waals surface area contributed by atoms with Crippen molar-refractivity contribution in [3.8, 4) is 11.5 Å². The molecular weight excluding hydrogens is 240 g/mol. The molecule has 3 N–H and O–H groups in total. The second kappa shape index (κ2) is 6.59. The molecule has 0 amide bonds. The predicted octanol–water partition coefficient (Wildman–Crippen LogP) is 2.01. The lowest BCUT2D eigenvalue weighted by atomic mass is 10.1. The van der Waals surface area contributed by atoms with Crippen molar-refractivity contribution < 1.29 is 9.47 Å². The molecule has 1 aromatic carbocycles. The molecule has 1 unspecified atom stereocenters. The van der Waals surface area contributed by atoms with Crippen LogP contribution in [0, 0.1) is 0 Å². The Kier molecular flexibility index (Phi) is 4.82. The molecule has 1 aliphatic heterocycles. The van der Waals surface area contributed by atoms with Crippen LogP contribution in [0.1, 0.15) is 24.9 Å². The maximum Gasteiger partial charge on any atom is 0.161 e. The summed E-state index contributed by atoms with van der Waals surface area (Å²) in [5, 5.41) is 3.39. The Morgan fingerprint density at radius 1 is 1.37 bits per heavy atom. The summed E-state index contributed by atoms with van der Waals surface area (Å²) in [5.74, 6) is 1.63. The third-order valence-electron chi connectivity index (χ3n) is 3.06. The number of hydrogen-bond donors (Lipinski definition) is 2. The quantitative estimate of drug-likeness (QED) is 0.797. The van der Waals surface area contributed by atoms with Crippen LogP contribution in [0.25, 0.3) is 0 Å². The molecule has 0 fully saturated rings. The van der Waals surface area contributed by atoms with Crippen LogP contribution >= 0.6 is 0 Å². The standard InChI is InChI=1S/C15H22N2O2/c1-11(2)10-17-13(9-16)12-4-5-14-15(8-12)19-7-3-6-18-14/h4-5,8,13,17H,1,3,6-7,9-10,16H2,2H3. The fraction of sp³-hybridized carbons (Fsp3) is 0.467. The van der Waals surface area contributed by atoms with Crippen LogP contribution in [0.4, 0.5) is 0 Å². The molecule has 0 radical (unpaired) electrons. The van der Waals surface area contributed by atoms with E-state index >= 15 is 0 Å². The van der Waals surface area contributed by atoms with Gasteiger partial charge in [-0.2, -0.15) is 0 Å². The van der Waals surface area contributed by atoms with Gasteiger partial charge in [-0.1, -0.05) is 18.2 Å². The normalized spacial score (nSPS) is 15.7. The third kappa shape index (κ3) is 3.72. The average Bonchev–Trinajstić information content (AvgIpc) is 2.63. The van der Waals surface area contributed by atoms with E-state index in [2.05, 4.69) is 11.9 Å². The summed E-state index contributed by atoms with van der Waals surface area (Å²) in [7, 11) is 0. The second-order valence-electron chi connectivity index (χ2n) is 4.88. The second-order valence-corrected chi connectivity index (χ2v) is 4.88. The van der Waals surface area contributed by atoms with E-state index in [0.29, 0.717) is 19.8 Å². The molecule has 4 heteroatoms. The first-order valence-corrected chi connectivity index (χ1v) is 6.68. The largest absolute Gasteiger partial charge is 0.490 e. The minimum atomic E-state index is 0.105. The highest BCUT2D eigenvalue weighted by Crippen LogP contribution is 2.32. The minimum Gasteiger partial charge on any atom is -0.490 e. The van der Waals surface area contributed by atoms with Crippen molar-refractivity contribution in [2.75, 3.05) is 26.3 Å². The molecule has 0 aromatic heterocycles. The van der Waals surface area contributed by atoms with Crippen LogP contribution in [0.3, 0.4) is 0 Å². The molecule has 1 aliphatic rings. The zero-order chi connectivity index (χ0) is 13.7. The van der Waals surface area contributed by atoms with Gasteiger partial charge < -0.3 is 20.5 Å². The van der Waals surface area contributed by atoms with Crippen LogP contribution in [-0.4, -0.2) is 26.3 Å². The van der Waals surface area contributed by atoms with Gasteiger partial charge in [-0.05, 0) is 24.6 Å². The first-order chi connectivity index (χ1) is 9.20. The van der Waals surface area contributed by atoms with E-state index in [1.165, 1.54) is 0 Å². The molecule has 0 saturated heterocycles. The SMILES string of the molecule is C=C(C)CNC(CN)c1ccc2c(c1)OCCCO2. The fourth-order valence-electron chi connectivity index (χ4n) is 2.03. The molecule has 0 saturated carbocycles. The summed E-state index contributed by atoms with van der Waals surface area (Å²) < 4.78 is 11.3. The number of benzene rings is 1. The van der Waals surface area contributed by atoms with Crippen LogP contribution in [0.15, 0.2) is 30.4 Å². The van der Waals surface area contributed by atoms with E-state index in [-0.39, 0.29) is 6.04 Å². The van der Waals surface area contributed by atoms with Crippen LogP contribution in [0.5, 0.6) is 11.5 Å². The zero-order valence-corrected chi connectivity index (χ0v) is 11.4. The van der Waals surface area contributed by atoms with Crippen molar-refractivity contribution in [2.45, 2.75) is 19.4 Å². The Balaban J connectivity index is 2.14. The molecule has 104 valence electrons. The third-order valence-corrected chi connectivity index (χ3v) is 3.06. The topological polar surface area (TPSA) is 56.5 Å². The summed E-state index contributed by atoms with van der Waals surface area (Å²) in [4.78, 5) is 0. The monoisotopic (exact) mass is 262 g/mol. The van der Waals surface area contributed by atoms with Gasteiger partial charge in [0.25, 0.3) is 0 Å². The van der Waals surface area contributed by atoms with E-state index < -0.39 is 0 Å². The molecule has 1 atom stereocenters. The van der Waals surface area contributed by atoms with E-state index in [1.807, 2.05) is 25.1 Å². The average molecular weight is 262 g/mol. The Labute approximate surface area is 114 Å². The fourth-order valence-corrected chi connectivity index (χ4v) is 2.03. The number of nitrogens with one attached hydrogen (secondary N) is 1. The Hall–Kier alpha value is -1.52. The van der Waals surface area contributed by atoms with Gasteiger partial charge in [-0.15, -0.1) is 0 Å². The molecule has 0 bridgehead atoms. The van der Waals surface area contributed by atoms with E-state index in [0.717, 1.165) is 35.6 Å². The lowest BCUT2D eigenvalue weighted by Gasteiger charge is -2.19. The van der Waals surface area contributed by atoms with Gasteiger partial charge in [-0.3, -0.25) is 0 Å². The van der Waals surface area contributed by atoms with E-state index in [9.17, 15) is 0 Å². The summed E-state index contributed by atoms with van der Waals surface area (Å²) >= 11 is 0. The van der Waals surface area contributed by atoms with E-state index in [4.69, 9.17) is 15.2 Å². The van der Waals surface area contributed by atoms with Gasteiger partial charge in [0.05, 0.1) is 13.2 Å². The van der Waals surface area contributed by atoms with Crippen molar-refractivity contribution in [3.63, 3.8) is 0 Å². The molecule has 19 heavy (non-hydrogen) atoms. The zero-order valence-electron chi connectivity index (χ0n) is 11.4. The van der Waals surface area contributed by atoms with Gasteiger partial charge in [-0.25, -0.2) is 0 Å². The highest BCUT2D eigenvalue weighted by molar-refractivity contribution is 5.44. The molecule has 0 aliphatic carbocycles. The molecule has 0 spiro atoms. The van der Waals surface area contributed by atoms with Gasteiger partial charge in [0.1, 0.15) is 0 Å². The Bertz CT molecular complexity index is 446. The van der Waals surface area contributed by atoms with Gasteiger partial charge in [0.2, 0.25) is 0 Å². The molecular formula is C15H22N2O2. The van der Waals surface area contributed by atoms with Crippen LogP contribution in [-0.2, 0) is 0 Å². The van der Waals surface area contributed by atoms with Crippen molar-refractivity contribution in [1.29, 1.82) is 0 Å². The molecule has 1 aromatic rings. The maximum atomic E-state index is 5.83. The summed E-state index contributed by atoms with van der Waals surface area (Å²) in [6, 6.07) is 6.12. The number of rotatable bonds is 5. The summed E-state index contributed by atoms with van der Waals surface area (Å²) in [6.45, 7) is 8.59. The Morgan fingerprint density at radius 2 is 2.11 bits per heavy atom. The smallest absolute Gasteiger partial charge is 0.161 e. The molecule has 1 heterocycles. The summed E-state index contributed by atoms with van der Waals surface area (Å²) in [5.41, 5.74) is 8.04. The summed E-state index contributed by atoms with van der Waals surface area (Å²) in [6.07, 6.45) is 0.915. The first kappa shape index (κ1) is 13.9. The lowest BCUT2D eigenvalue weighted by Crippen LogP contribution is -2.29. The Morgan fingerprint density at radius 3 is 2.79 bits per heavy atom. The van der Waals surface area contributed by atoms with Crippen molar-refractivity contribution >= 4 is 0 Å². The molecule has 2 rings (SSSR count). The minimum absolute atomic E-state index is 0.105. The van der Waals surface area contributed by atoms with Crippen LogP contribution in [0.2, 0.25) is 0 Å². The number of hydrogen-bond acceptors (Lipinski definition) is 4. The molecule has 4 nitrogen and oxygen atoms in total. The highest BCUT2D eigenvalue weighted by Gasteiger charge is 2.15. The van der Waals surface area contributed by atoms with Crippen molar-refractivity contribution in [1.82, 2.24) is 5.32 Å². The van der Waals surface area contributed by atoms with Crippen LogP contribution < -0.4 is 20.5 Å². The number of fused-ring (bicyclic) bond motifs is 1. The highest BCUT2D eigenvalue weighted by atomic mass is 16.5. The van der Waals surface area contributed by atoms with E-state index in [1.54, 1.807) is 0 Å². The predicted molar refractivity (Wildman–Crippen MR) is 76.7 cm³/mol. The maximum absolute atomic E-state index is 5.83. The van der Waals surface area contributed by atoms with Crippen molar-refractivity contribution in [2.24, 2.45) is 5.73 Å². The van der Waals surface area contributed by atoms with Gasteiger partial charge >= 0.3 is 0 Å². The first-order valence-electron chi connectivity index (χ1n) is 6.68. The van der Waals surface area contributed by atoms with Gasteiger partial charge in [0.15, 0.2) is 11.5 Å².